The molecule has 2 aliphatic rings. The number of hydrogen-bond donors (Lipinski definition) is 0. The number of methoxy groups -OCH3 is 1. The Labute approximate surface area is 141 Å². The van der Waals surface area contributed by atoms with E-state index in [0.29, 0.717) is 5.56 Å². The van der Waals surface area contributed by atoms with E-state index < -0.39 is 0 Å². The second-order valence-corrected chi connectivity index (χ2v) is 7.33. The summed E-state index contributed by atoms with van der Waals surface area (Å²) in [5, 5.41) is 0. The van der Waals surface area contributed by atoms with Crippen molar-refractivity contribution in [2.75, 3.05) is 7.11 Å². The lowest BCUT2D eigenvalue weighted by atomic mass is 9.45. The molecule has 24 heavy (non-hydrogen) atoms. The van der Waals surface area contributed by atoms with Gasteiger partial charge in [-0.3, -0.25) is 9.59 Å². The average Bonchev–Trinajstić information content (AvgIpc) is 2.68. The summed E-state index contributed by atoms with van der Waals surface area (Å²) >= 11 is 0. The second-order valence-electron chi connectivity index (χ2n) is 7.33. The third-order valence-electron chi connectivity index (χ3n) is 5.88. The summed E-state index contributed by atoms with van der Waals surface area (Å²) in [7, 11) is 1.44. The van der Waals surface area contributed by atoms with Gasteiger partial charge < -0.3 is 4.74 Å². The van der Waals surface area contributed by atoms with Crippen molar-refractivity contribution in [2.24, 2.45) is 11.3 Å². The van der Waals surface area contributed by atoms with Crippen molar-refractivity contribution in [2.45, 2.75) is 25.7 Å². The van der Waals surface area contributed by atoms with Crippen LogP contribution in [0.25, 0.3) is 0 Å². The van der Waals surface area contributed by atoms with Crippen molar-refractivity contribution in [3.63, 3.8) is 0 Å². The van der Waals surface area contributed by atoms with Crippen LogP contribution in [0.5, 0.6) is 0 Å². The van der Waals surface area contributed by atoms with Crippen molar-refractivity contribution >= 4 is 11.8 Å². The van der Waals surface area contributed by atoms with Gasteiger partial charge in [0.2, 0.25) is 0 Å². The molecule has 2 aromatic rings. The van der Waals surface area contributed by atoms with Crippen molar-refractivity contribution in [3.05, 3.63) is 70.8 Å². The molecule has 0 aliphatic heterocycles. The summed E-state index contributed by atoms with van der Waals surface area (Å²) in [6, 6.07) is 15.5. The van der Waals surface area contributed by atoms with Crippen LogP contribution in [0.3, 0.4) is 0 Å². The molecule has 3 heteroatoms. The van der Waals surface area contributed by atoms with E-state index in [4.69, 9.17) is 4.74 Å². The highest BCUT2D eigenvalue weighted by atomic mass is 16.5. The Morgan fingerprint density at radius 3 is 2.12 bits per heavy atom. The summed E-state index contributed by atoms with van der Waals surface area (Å²) in [4.78, 5) is 25.6. The number of esters is 1. The van der Waals surface area contributed by atoms with Crippen molar-refractivity contribution in [1.82, 2.24) is 0 Å². The van der Waals surface area contributed by atoms with Gasteiger partial charge in [0.15, 0.2) is 5.78 Å². The predicted octanol–water partition coefficient (Wildman–Crippen LogP) is 3.93. The normalized spacial score (nSPS) is 26.3. The molecule has 0 amide bonds. The molecule has 1 fully saturated rings. The van der Waals surface area contributed by atoms with Crippen LogP contribution in [0.4, 0.5) is 0 Å². The summed E-state index contributed by atoms with van der Waals surface area (Å²) in [6.07, 6.45) is 0. The number of benzene rings is 2. The van der Waals surface area contributed by atoms with Gasteiger partial charge in [-0.05, 0) is 22.5 Å². The highest BCUT2D eigenvalue weighted by Crippen LogP contribution is 2.67. The van der Waals surface area contributed by atoms with Gasteiger partial charge in [-0.2, -0.15) is 0 Å². The maximum absolute atomic E-state index is 13.1. The van der Waals surface area contributed by atoms with Crippen molar-refractivity contribution in [3.8, 4) is 0 Å². The Bertz CT molecular complexity index is 850. The molecule has 0 unspecified atom stereocenters. The highest BCUT2D eigenvalue weighted by molar-refractivity contribution is 6.12. The van der Waals surface area contributed by atoms with E-state index in [1.54, 1.807) is 0 Å². The molecule has 0 bridgehead atoms. The maximum Gasteiger partial charge on any atom is 0.309 e. The van der Waals surface area contributed by atoms with Crippen molar-refractivity contribution in [1.29, 1.82) is 0 Å². The van der Waals surface area contributed by atoms with Crippen LogP contribution in [-0.4, -0.2) is 18.9 Å². The van der Waals surface area contributed by atoms with Gasteiger partial charge in [0.1, 0.15) is 0 Å². The largest absolute Gasteiger partial charge is 0.469 e. The predicted molar refractivity (Wildman–Crippen MR) is 91.1 cm³/mol. The molecule has 2 aliphatic carbocycles. The van der Waals surface area contributed by atoms with Crippen molar-refractivity contribution < 1.29 is 14.3 Å². The van der Waals surface area contributed by atoms with Crippen LogP contribution in [0, 0.1) is 11.3 Å². The van der Waals surface area contributed by atoms with E-state index in [0.717, 1.165) is 16.7 Å². The van der Waals surface area contributed by atoms with Crippen LogP contribution in [0.15, 0.2) is 48.5 Å². The molecule has 2 aromatic carbocycles. The first-order valence-electron chi connectivity index (χ1n) is 8.29. The van der Waals surface area contributed by atoms with Crippen LogP contribution in [0.1, 0.15) is 52.7 Å². The van der Waals surface area contributed by atoms with Gasteiger partial charge in [0.05, 0.1) is 13.0 Å². The molecule has 0 saturated heterocycles. The Hall–Kier alpha value is -2.42. The standard InChI is InChI=1S/C21H20O3/c1-21(2)17-13-9-5-7-11-15(13)19(22)14-10-6-4-8-12(14)16(17)18(21)20(23)24-3/h4-11,16-18H,1-3H3/t16-,17+,18-/m0/s1. The molecule has 0 aromatic heterocycles. The molecule has 4 rings (SSSR count). The SMILES string of the molecule is COC(=O)[C@@H]1[C@H]2c3ccccc3C(=O)c3ccccc3[C@H]2C1(C)C. The van der Waals surface area contributed by atoms with E-state index in [1.807, 2.05) is 48.5 Å². The Kier molecular flexibility index (Phi) is 3.17. The lowest BCUT2D eigenvalue weighted by Gasteiger charge is -2.57. The van der Waals surface area contributed by atoms with Gasteiger partial charge >= 0.3 is 5.97 Å². The lowest BCUT2D eigenvalue weighted by molar-refractivity contribution is -0.161. The third-order valence-corrected chi connectivity index (χ3v) is 5.88. The molecule has 0 spiro atoms. The zero-order valence-electron chi connectivity index (χ0n) is 14.1. The van der Waals surface area contributed by atoms with Gasteiger partial charge in [-0.25, -0.2) is 0 Å². The van der Waals surface area contributed by atoms with Crippen LogP contribution < -0.4 is 0 Å². The van der Waals surface area contributed by atoms with E-state index >= 15 is 0 Å². The minimum Gasteiger partial charge on any atom is -0.469 e. The third kappa shape index (κ3) is 1.78. The molecule has 122 valence electrons. The first-order chi connectivity index (χ1) is 11.5. The summed E-state index contributed by atoms with van der Waals surface area (Å²) in [5.74, 6) is -0.271. The molecule has 0 heterocycles. The van der Waals surface area contributed by atoms with E-state index in [9.17, 15) is 9.59 Å². The van der Waals surface area contributed by atoms with Gasteiger partial charge in [0, 0.05) is 17.0 Å². The first kappa shape index (κ1) is 15.1. The number of ketones is 1. The van der Waals surface area contributed by atoms with E-state index in [1.165, 1.54) is 7.11 Å². The Morgan fingerprint density at radius 2 is 1.50 bits per heavy atom. The molecular weight excluding hydrogens is 300 g/mol. The number of carbonyl (C=O) groups is 2. The summed E-state index contributed by atoms with van der Waals surface area (Å²) in [6.45, 7) is 4.20. The lowest BCUT2D eigenvalue weighted by Crippen LogP contribution is -2.54. The number of carbonyl (C=O) groups excluding carboxylic acids is 2. The molecule has 3 nitrogen and oxygen atoms in total. The smallest absolute Gasteiger partial charge is 0.309 e. The topological polar surface area (TPSA) is 43.4 Å². The van der Waals surface area contributed by atoms with Crippen LogP contribution in [0.2, 0.25) is 0 Å². The second kappa shape index (κ2) is 5.04. The average molecular weight is 320 g/mol. The van der Waals surface area contributed by atoms with Gasteiger partial charge in [0.25, 0.3) is 0 Å². The fraction of sp³-hybridized carbons (Fsp3) is 0.333. The monoisotopic (exact) mass is 320 g/mol. The maximum atomic E-state index is 13.1. The summed E-state index contributed by atoms with van der Waals surface area (Å²) in [5.41, 5.74) is 3.23. The minimum absolute atomic E-state index is 0.0174. The zero-order valence-corrected chi connectivity index (χ0v) is 14.1. The number of hydrogen-bond acceptors (Lipinski definition) is 3. The Morgan fingerprint density at radius 1 is 0.958 bits per heavy atom. The fourth-order valence-corrected chi connectivity index (χ4v) is 4.84. The highest BCUT2D eigenvalue weighted by Gasteiger charge is 2.62. The number of ether oxygens (including phenoxy) is 1. The summed E-state index contributed by atoms with van der Waals surface area (Å²) < 4.78 is 5.09. The van der Waals surface area contributed by atoms with Gasteiger partial charge in [-0.1, -0.05) is 62.4 Å². The molecular formula is C21H20O3. The number of fused-ring (bicyclic) bond motifs is 5. The Balaban J connectivity index is 2.00. The zero-order chi connectivity index (χ0) is 17.1. The van der Waals surface area contributed by atoms with Gasteiger partial charge in [-0.15, -0.1) is 0 Å². The first-order valence-corrected chi connectivity index (χ1v) is 8.29. The minimum atomic E-state index is -0.258. The van der Waals surface area contributed by atoms with E-state index in [-0.39, 0.29) is 34.9 Å². The van der Waals surface area contributed by atoms with Crippen LogP contribution >= 0.6 is 0 Å². The molecule has 0 N–H and O–H groups in total. The fourth-order valence-electron chi connectivity index (χ4n) is 4.84. The molecule has 0 radical (unpaired) electrons. The molecule has 1 saturated carbocycles. The number of rotatable bonds is 1. The van der Waals surface area contributed by atoms with Crippen LogP contribution in [-0.2, 0) is 9.53 Å². The quantitative estimate of drug-likeness (QED) is 0.748. The molecule has 3 atom stereocenters. The van der Waals surface area contributed by atoms with E-state index in [2.05, 4.69) is 13.8 Å².